The number of methoxy groups -OCH3 is 1. The van der Waals surface area contributed by atoms with Crippen molar-refractivity contribution < 1.29 is 9.53 Å². The first-order chi connectivity index (χ1) is 8.01. The van der Waals surface area contributed by atoms with Gasteiger partial charge in [-0.1, -0.05) is 0 Å². The molecular weight excluding hydrogens is 238 g/mol. The Morgan fingerprint density at radius 1 is 1.71 bits per heavy atom. The number of likely N-dealkylation sites (N-methyl/N-ethyl adjacent to an activating group) is 1. The molecule has 0 bridgehead atoms. The highest BCUT2D eigenvalue weighted by molar-refractivity contribution is 7.99. The van der Waals surface area contributed by atoms with Crippen molar-refractivity contribution in [3.8, 4) is 0 Å². The van der Waals surface area contributed by atoms with Gasteiger partial charge in [0.2, 0.25) is 0 Å². The van der Waals surface area contributed by atoms with E-state index in [-0.39, 0.29) is 5.97 Å². The Labute approximate surface area is 106 Å². The zero-order chi connectivity index (χ0) is 12.9. The number of thioether (sulfide) groups is 1. The summed E-state index contributed by atoms with van der Waals surface area (Å²) < 4.78 is 6.55. The van der Waals surface area contributed by atoms with Gasteiger partial charge in [0.15, 0.2) is 0 Å². The predicted octanol–water partition coefficient (Wildman–Crippen LogP) is 1.05. The van der Waals surface area contributed by atoms with Gasteiger partial charge in [-0.2, -0.15) is 5.10 Å². The number of hydrogen-bond acceptors (Lipinski definition) is 5. The van der Waals surface area contributed by atoms with Gasteiger partial charge in [-0.05, 0) is 20.4 Å². The molecule has 1 N–H and O–H groups in total. The van der Waals surface area contributed by atoms with E-state index in [1.54, 1.807) is 23.5 Å². The lowest BCUT2D eigenvalue weighted by Gasteiger charge is -2.25. The zero-order valence-electron chi connectivity index (χ0n) is 10.7. The minimum atomic E-state index is -0.621. The average Bonchev–Trinajstić information content (AvgIpc) is 2.73. The Bertz CT molecular complexity index is 381. The molecule has 0 saturated heterocycles. The monoisotopic (exact) mass is 257 g/mol. The lowest BCUT2D eigenvalue weighted by molar-refractivity contribution is -0.147. The van der Waals surface area contributed by atoms with Crippen LogP contribution in [0.5, 0.6) is 0 Å². The van der Waals surface area contributed by atoms with Gasteiger partial charge in [-0.15, -0.1) is 11.8 Å². The van der Waals surface area contributed by atoms with E-state index in [0.717, 1.165) is 10.6 Å². The molecule has 0 radical (unpaired) electrons. The minimum absolute atomic E-state index is 0.230. The minimum Gasteiger partial charge on any atom is -0.468 e. The molecule has 0 aliphatic carbocycles. The average molecular weight is 257 g/mol. The summed E-state index contributed by atoms with van der Waals surface area (Å²) >= 11 is 1.68. The Morgan fingerprint density at radius 3 is 2.88 bits per heavy atom. The standard InChI is InChI=1S/C11H19N3O2S/c1-11(12-2,10(15)16-4)5-6-17-9-7-13-14(3)8-9/h7-8,12H,5-6H2,1-4H3. The molecule has 1 aromatic heterocycles. The molecule has 0 fully saturated rings. The van der Waals surface area contributed by atoms with Gasteiger partial charge in [0.05, 0.1) is 13.3 Å². The second-order valence-electron chi connectivity index (χ2n) is 4.02. The third kappa shape index (κ3) is 3.74. The summed E-state index contributed by atoms with van der Waals surface area (Å²) in [5.74, 6) is 0.602. The van der Waals surface area contributed by atoms with Crippen molar-refractivity contribution in [2.24, 2.45) is 7.05 Å². The summed E-state index contributed by atoms with van der Waals surface area (Å²) in [4.78, 5) is 12.7. The summed E-state index contributed by atoms with van der Waals surface area (Å²) in [6.07, 6.45) is 4.48. The first-order valence-corrected chi connectivity index (χ1v) is 6.39. The third-order valence-corrected chi connectivity index (χ3v) is 3.69. The number of esters is 1. The number of aryl methyl sites for hydroxylation is 1. The van der Waals surface area contributed by atoms with Gasteiger partial charge in [0, 0.05) is 23.9 Å². The van der Waals surface area contributed by atoms with Crippen LogP contribution in [0.4, 0.5) is 0 Å². The smallest absolute Gasteiger partial charge is 0.325 e. The van der Waals surface area contributed by atoms with Crippen LogP contribution in [0.25, 0.3) is 0 Å². The molecule has 0 aliphatic heterocycles. The fourth-order valence-corrected chi connectivity index (χ4v) is 2.50. The molecule has 1 atom stereocenters. The van der Waals surface area contributed by atoms with Gasteiger partial charge in [-0.3, -0.25) is 9.48 Å². The topological polar surface area (TPSA) is 56.2 Å². The molecule has 5 nitrogen and oxygen atoms in total. The van der Waals surface area contributed by atoms with Gasteiger partial charge in [0.1, 0.15) is 5.54 Å². The van der Waals surface area contributed by atoms with Gasteiger partial charge >= 0.3 is 5.97 Å². The van der Waals surface area contributed by atoms with Crippen LogP contribution in [0, 0.1) is 0 Å². The van der Waals surface area contributed by atoms with Crippen molar-refractivity contribution in [3.05, 3.63) is 12.4 Å². The van der Waals surface area contributed by atoms with E-state index < -0.39 is 5.54 Å². The molecule has 1 heterocycles. The number of carbonyl (C=O) groups is 1. The van der Waals surface area contributed by atoms with Crippen LogP contribution < -0.4 is 5.32 Å². The van der Waals surface area contributed by atoms with E-state index in [1.807, 2.05) is 26.4 Å². The van der Waals surface area contributed by atoms with Crippen LogP contribution in [-0.2, 0) is 16.6 Å². The van der Waals surface area contributed by atoms with Crippen molar-refractivity contribution in [2.45, 2.75) is 23.8 Å². The number of hydrogen-bond donors (Lipinski definition) is 1. The van der Waals surface area contributed by atoms with Crippen molar-refractivity contribution in [3.63, 3.8) is 0 Å². The molecule has 1 unspecified atom stereocenters. The zero-order valence-corrected chi connectivity index (χ0v) is 11.5. The van der Waals surface area contributed by atoms with E-state index in [4.69, 9.17) is 4.74 Å². The summed E-state index contributed by atoms with van der Waals surface area (Å²) in [6.45, 7) is 1.85. The highest BCUT2D eigenvalue weighted by atomic mass is 32.2. The third-order valence-electron chi connectivity index (χ3n) is 2.74. The molecule has 17 heavy (non-hydrogen) atoms. The van der Waals surface area contributed by atoms with E-state index in [1.165, 1.54) is 7.11 Å². The summed E-state index contributed by atoms with van der Waals surface area (Å²) in [6, 6.07) is 0. The van der Waals surface area contributed by atoms with Crippen LogP contribution in [0.1, 0.15) is 13.3 Å². The molecule has 0 aliphatic rings. The van der Waals surface area contributed by atoms with Crippen molar-refractivity contribution in [2.75, 3.05) is 19.9 Å². The molecule has 0 saturated carbocycles. The summed E-state index contributed by atoms with van der Waals surface area (Å²) in [7, 11) is 5.06. The number of rotatable bonds is 6. The molecule has 0 spiro atoms. The maximum absolute atomic E-state index is 11.6. The van der Waals surface area contributed by atoms with Gasteiger partial charge < -0.3 is 10.1 Å². The van der Waals surface area contributed by atoms with Crippen molar-refractivity contribution >= 4 is 17.7 Å². The normalized spacial score (nSPS) is 14.4. The molecule has 0 amide bonds. The molecular formula is C11H19N3O2S. The lowest BCUT2D eigenvalue weighted by atomic mass is 10.00. The fraction of sp³-hybridized carbons (Fsp3) is 0.636. The maximum Gasteiger partial charge on any atom is 0.325 e. The summed E-state index contributed by atoms with van der Waals surface area (Å²) in [5, 5.41) is 7.10. The highest BCUT2D eigenvalue weighted by Gasteiger charge is 2.31. The number of aromatic nitrogens is 2. The quantitative estimate of drug-likeness (QED) is 0.610. The summed E-state index contributed by atoms with van der Waals surface area (Å²) in [5.41, 5.74) is -0.621. The van der Waals surface area contributed by atoms with Gasteiger partial charge in [-0.25, -0.2) is 0 Å². The number of ether oxygens (including phenoxy) is 1. The highest BCUT2D eigenvalue weighted by Crippen LogP contribution is 2.21. The SMILES string of the molecule is CNC(C)(CCSc1cnn(C)c1)C(=O)OC. The number of carbonyl (C=O) groups excluding carboxylic acids is 1. The maximum atomic E-state index is 11.6. The Hall–Kier alpha value is -1.01. The fourth-order valence-electron chi connectivity index (χ4n) is 1.40. The van der Waals surface area contributed by atoms with E-state index in [0.29, 0.717) is 6.42 Å². The van der Waals surface area contributed by atoms with E-state index in [9.17, 15) is 4.79 Å². The Kier molecular flexibility index (Phi) is 5.02. The molecule has 0 aromatic carbocycles. The molecule has 1 rings (SSSR count). The van der Waals surface area contributed by atoms with Crippen molar-refractivity contribution in [1.82, 2.24) is 15.1 Å². The lowest BCUT2D eigenvalue weighted by Crippen LogP contribution is -2.48. The molecule has 1 aromatic rings. The van der Waals surface area contributed by atoms with E-state index >= 15 is 0 Å². The molecule has 6 heteroatoms. The number of nitrogens with one attached hydrogen (secondary N) is 1. The first kappa shape index (κ1) is 14.1. The Morgan fingerprint density at radius 2 is 2.41 bits per heavy atom. The largest absolute Gasteiger partial charge is 0.468 e. The van der Waals surface area contributed by atoms with Crippen LogP contribution >= 0.6 is 11.8 Å². The van der Waals surface area contributed by atoms with E-state index in [2.05, 4.69) is 10.4 Å². The number of nitrogens with zero attached hydrogens (tertiary/aromatic N) is 2. The first-order valence-electron chi connectivity index (χ1n) is 5.40. The van der Waals surface area contributed by atoms with Crippen molar-refractivity contribution in [1.29, 1.82) is 0 Å². The molecule has 96 valence electrons. The second-order valence-corrected chi connectivity index (χ2v) is 5.19. The van der Waals surface area contributed by atoms with Crippen LogP contribution in [-0.4, -0.2) is 41.2 Å². The Balaban J connectivity index is 2.46. The predicted molar refractivity (Wildman–Crippen MR) is 68.0 cm³/mol. The van der Waals surface area contributed by atoms with Gasteiger partial charge in [0.25, 0.3) is 0 Å². The van der Waals surface area contributed by atoms with Crippen LogP contribution in [0.2, 0.25) is 0 Å². The van der Waals surface area contributed by atoms with Crippen LogP contribution in [0.3, 0.4) is 0 Å². The van der Waals surface area contributed by atoms with Crippen LogP contribution in [0.15, 0.2) is 17.3 Å². The second kappa shape index (κ2) is 6.07.